The highest BCUT2D eigenvalue weighted by atomic mass is 79.9. The van der Waals surface area contributed by atoms with Crippen LogP contribution >= 0.6 is 15.9 Å². The summed E-state index contributed by atoms with van der Waals surface area (Å²) >= 11 is 3.42. The highest BCUT2D eigenvalue weighted by Gasteiger charge is 2.52. The van der Waals surface area contributed by atoms with Gasteiger partial charge >= 0.3 is 7.12 Å². The zero-order valence-corrected chi connectivity index (χ0v) is 13.5. The van der Waals surface area contributed by atoms with Crippen LogP contribution < -0.4 is 5.46 Å². The van der Waals surface area contributed by atoms with Gasteiger partial charge < -0.3 is 9.31 Å². The molecule has 0 spiro atoms. The molecule has 102 valence electrons. The molecular formula is C14H18BBrO3. The Labute approximate surface area is 122 Å². The van der Waals surface area contributed by atoms with E-state index >= 15 is 0 Å². The van der Waals surface area contributed by atoms with Crippen molar-refractivity contribution < 1.29 is 14.1 Å². The zero-order chi connectivity index (χ0) is 14.4. The Bertz CT molecular complexity index is 510. The fraction of sp³-hybridized carbons (Fsp3) is 0.500. The molecule has 2 rings (SSSR count). The molecule has 3 nitrogen and oxygen atoms in total. The molecule has 0 aromatic heterocycles. The number of benzene rings is 1. The number of rotatable bonds is 2. The van der Waals surface area contributed by atoms with Crippen LogP contribution in [0.2, 0.25) is 0 Å². The first-order valence-corrected chi connectivity index (χ1v) is 7.08. The molecule has 5 heteroatoms. The minimum atomic E-state index is -0.513. The third kappa shape index (κ3) is 2.51. The van der Waals surface area contributed by atoms with Gasteiger partial charge in [0, 0.05) is 10.0 Å². The minimum Gasteiger partial charge on any atom is -0.399 e. The molecule has 0 bridgehead atoms. The van der Waals surface area contributed by atoms with Gasteiger partial charge in [-0.05, 0) is 46.1 Å². The predicted molar refractivity (Wildman–Crippen MR) is 80.0 cm³/mol. The van der Waals surface area contributed by atoms with E-state index in [4.69, 9.17) is 9.31 Å². The Hall–Kier alpha value is -0.645. The highest BCUT2D eigenvalue weighted by Crippen LogP contribution is 2.37. The summed E-state index contributed by atoms with van der Waals surface area (Å²) in [7, 11) is -0.513. The van der Waals surface area contributed by atoms with E-state index in [0.717, 1.165) is 21.8 Å². The Morgan fingerprint density at radius 2 is 1.68 bits per heavy atom. The number of hydrogen-bond donors (Lipinski definition) is 0. The van der Waals surface area contributed by atoms with E-state index in [9.17, 15) is 4.79 Å². The Balaban J connectivity index is 2.47. The molecule has 1 saturated heterocycles. The molecule has 0 N–H and O–H groups in total. The standard InChI is InChI=1S/C14H18BBrO3/c1-9-6-11(10(8-17)12(16)7-9)15-18-13(2,3)14(4,5)19-15/h6-8H,1-5H3. The maximum absolute atomic E-state index is 11.3. The summed E-state index contributed by atoms with van der Waals surface area (Å²) in [6, 6.07) is 3.86. The maximum atomic E-state index is 11.3. The number of aryl methyl sites for hydroxylation is 1. The van der Waals surface area contributed by atoms with Crippen molar-refractivity contribution in [3.05, 3.63) is 27.7 Å². The van der Waals surface area contributed by atoms with Crippen molar-refractivity contribution in [2.45, 2.75) is 45.8 Å². The summed E-state index contributed by atoms with van der Waals surface area (Å²) in [5.41, 5.74) is 1.61. The fourth-order valence-electron chi connectivity index (χ4n) is 2.07. The topological polar surface area (TPSA) is 35.5 Å². The average Bonchev–Trinajstić information content (AvgIpc) is 2.47. The average molecular weight is 325 g/mol. The van der Waals surface area contributed by atoms with E-state index in [-0.39, 0.29) is 0 Å². The molecule has 1 aromatic carbocycles. The van der Waals surface area contributed by atoms with Crippen molar-refractivity contribution in [3.8, 4) is 0 Å². The lowest BCUT2D eigenvalue weighted by atomic mass is 9.75. The van der Waals surface area contributed by atoms with Crippen molar-refractivity contribution in [3.63, 3.8) is 0 Å². The van der Waals surface area contributed by atoms with Crippen molar-refractivity contribution in [2.75, 3.05) is 0 Å². The lowest BCUT2D eigenvalue weighted by molar-refractivity contribution is 0.00578. The third-order valence-corrected chi connectivity index (χ3v) is 4.59. The summed E-state index contributed by atoms with van der Waals surface area (Å²) in [5.74, 6) is 0. The van der Waals surface area contributed by atoms with Crippen molar-refractivity contribution >= 4 is 34.8 Å². The Morgan fingerprint density at radius 3 is 2.16 bits per heavy atom. The second-order valence-electron chi connectivity index (χ2n) is 5.96. The summed E-state index contributed by atoms with van der Waals surface area (Å²) in [4.78, 5) is 11.3. The van der Waals surface area contributed by atoms with E-state index in [1.165, 1.54) is 0 Å². The Kier molecular flexibility index (Phi) is 3.67. The molecule has 1 aliphatic rings. The number of aldehydes is 1. The predicted octanol–water partition coefficient (Wildman–Crippen LogP) is 2.87. The van der Waals surface area contributed by atoms with Gasteiger partial charge in [-0.1, -0.05) is 27.6 Å². The lowest BCUT2D eigenvalue weighted by Gasteiger charge is -2.32. The van der Waals surface area contributed by atoms with Gasteiger partial charge in [-0.15, -0.1) is 0 Å². The number of hydrogen-bond acceptors (Lipinski definition) is 3. The first-order chi connectivity index (χ1) is 8.68. The van der Waals surface area contributed by atoms with Gasteiger partial charge in [0.05, 0.1) is 11.2 Å². The molecule has 0 atom stereocenters. The molecule has 1 fully saturated rings. The quantitative estimate of drug-likeness (QED) is 0.620. The molecule has 1 aliphatic heterocycles. The van der Waals surface area contributed by atoms with Gasteiger partial charge in [-0.2, -0.15) is 0 Å². The van der Waals surface area contributed by atoms with Gasteiger partial charge in [0.1, 0.15) is 0 Å². The van der Waals surface area contributed by atoms with Gasteiger partial charge in [0.2, 0.25) is 0 Å². The first kappa shape index (κ1) is 14.8. The number of halogens is 1. The molecule has 0 amide bonds. The summed E-state index contributed by atoms with van der Waals surface area (Å²) in [6.45, 7) is 9.97. The van der Waals surface area contributed by atoms with Crippen LogP contribution in [-0.4, -0.2) is 24.6 Å². The molecule has 1 heterocycles. The maximum Gasteiger partial charge on any atom is 0.495 e. The van der Waals surface area contributed by atoms with E-state index in [1.54, 1.807) is 0 Å². The Morgan fingerprint density at radius 1 is 1.16 bits per heavy atom. The van der Waals surface area contributed by atoms with E-state index in [1.807, 2.05) is 46.8 Å². The SMILES string of the molecule is Cc1cc(Br)c(C=O)c(B2OC(C)(C)C(C)(C)O2)c1. The van der Waals surface area contributed by atoms with Crippen LogP contribution in [0.3, 0.4) is 0 Å². The smallest absolute Gasteiger partial charge is 0.399 e. The zero-order valence-electron chi connectivity index (χ0n) is 11.9. The summed E-state index contributed by atoms with van der Waals surface area (Å²) < 4.78 is 12.8. The van der Waals surface area contributed by atoms with E-state index < -0.39 is 18.3 Å². The van der Waals surface area contributed by atoms with Gasteiger partial charge in [-0.3, -0.25) is 4.79 Å². The molecular weight excluding hydrogens is 307 g/mol. The van der Waals surface area contributed by atoms with Crippen molar-refractivity contribution in [1.82, 2.24) is 0 Å². The van der Waals surface area contributed by atoms with E-state index in [2.05, 4.69) is 15.9 Å². The van der Waals surface area contributed by atoms with Crippen LogP contribution in [0.15, 0.2) is 16.6 Å². The number of carbonyl (C=O) groups is 1. The normalized spacial score (nSPS) is 20.6. The molecule has 0 unspecified atom stereocenters. The second kappa shape index (κ2) is 4.72. The van der Waals surface area contributed by atoms with Crippen LogP contribution in [0.5, 0.6) is 0 Å². The van der Waals surface area contributed by atoms with Crippen molar-refractivity contribution in [2.24, 2.45) is 0 Å². The first-order valence-electron chi connectivity index (χ1n) is 6.29. The van der Waals surface area contributed by atoms with Gasteiger partial charge in [0.15, 0.2) is 6.29 Å². The van der Waals surface area contributed by atoms with Crippen LogP contribution in [0.1, 0.15) is 43.6 Å². The second-order valence-corrected chi connectivity index (χ2v) is 6.81. The van der Waals surface area contributed by atoms with Crippen molar-refractivity contribution in [1.29, 1.82) is 0 Å². The third-order valence-electron chi connectivity index (χ3n) is 3.93. The minimum absolute atomic E-state index is 0.409. The van der Waals surface area contributed by atoms with Crippen LogP contribution in [-0.2, 0) is 9.31 Å². The number of carbonyl (C=O) groups excluding carboxylic acids is 1. The highest BCUT2D eigenvalue weighted by molar-refractivity contribution is 9.10. The largest absolute Gasteiger partial charge is 0.495 e. The summed E-state index contributed by atoms with van der Waals surface area (Å²) in [6.07, 6.45) is 0.837. The monoisotopic (exact) mass is 324 g/mol. The molecule has 0 radical (unpaired) electrons. The van der Waals surface area contributed by atoms with Crippen LogP contribution in [0.4, 0.5) is 0 Å². The van der Waals surface area contributed by atoms with Crippen LogP contribution in [0.25, 0.3) is 0 Å². The molecule has 0 saturated carbocycles. The molecule has 0 aliphatic carbocycles. The van der Waals surface area contributed by atoms with Crippen LogP contribution in [0, 0.1) is 6.92 Å². The van der Waals surface area contributed by atoms with Gasteiger partial charge in [-0.25, -0.2) is 0 Å². The van der Waals surface area contributed by atoms with E-state index in [0.29, 0.717) is 5.56 Å². The molecule has 1 aromatic rings. The van der Waals surface area contributed by atoms with Gasteiger partial charge in [0.25, 0.3) is 0 Å². The fourth-order valence-corrected chi connectivity index (χ4v) is 2.75. The molecule has 19 heavy (non-hydrogen) atoms. The summed E-state index contributed by atoms with van der Waals surface area (Å²) in [5, 5.41) is 0. The lowest BCUT2D eigenvalue weighted by Crippen LogP contribution is -2.41.